The highest BCUT2D eigenvalue weighted by Crippen LogP contribution is 2.32. The molecule has 3 rings (SSSR count). The van der Waals surface area contributed by atoms with Gasteiger partial charge in [-0.15, -0.1) is 11.3 Å². The summed E-state index contributed by atoms with van der Waals surface area (Å²) in [4.78, 5) is 32.8. The monoisotopic (exact) mass is 509 g/mol. The van der Waals surface area contributed by atoms with Crippen LogP contribution in [0.2, 0.25) is 0 Å². The maximum Gasteiger partial charge on any atom is 0.416 e. The number of benzene rings is 1. The zero-order valence-electron chi connectivity index (χ0n) is 19.0. The number of anilines is 1. The van der Waals surface area contributed by atoms with Gasteiger partial charge in [0.25, 0.3) is 5.91 Å². The second kappa shape index (κ2) is 11.2. The van der Waals surface area contributed by atoms with Crippen molar-refractivity contribution in [2.24, 2.45) is 0 Å². The summed E-state index contributed by atoms with van der Waals surface area (Å²) in [5.74, 6) is -0.824. The summed E-state index contributed by atoms with van der Waals surface area (Å²) in [5, 5.41) is 4.53. The fourth-order valence-electron chi connectivity index (χ4n) is 2.77. The van der Waals surface area contributed by atoms with Gasteiger partial charge in [-0.2, -0.15) is 18.2 Å². The third kappa shape index (κ3) is 7.67. The van der Waals surface area contributed by atoms with Crippen molar-refractivity contribution in [2.75, 3.05) is 11.9 Å². The van der Waals surface area contributed by atoms with E-state index in [2.05, 4.69) is 15.3 Å². The lowest BCUT2D eigenvalue weighted by atomic mass is 10.2. The number of nitrogens with zero attached hydrogens (tertiary/aromatic N) is 2. The van der Waals surface area contributed by atoms with Crippen molar-refractivity contribution in [3.8, 4) is 17.5 Å². The third-order valence-corrected chi connectivity index (χ3v) is 5.01. The van der Waals surface area contributed by atoms with Crippen LogP contribution in [0, 0.1) is 0 Å². The Morgan fingerprint density at radius 2 is 1.77 bits per heavy atom. The van der Waals surface area contributed by atoms with E-state index in [-0.39, 0.29) is 47.3 Å². The van der Waals surface area contributed by atoms with Gasteiger partial charge in [-0.1, -0.05) is 0 Å². The number of hydrogen-bond acceptors (Lipinski definition) is 8. The average Bonchev–Trinajstić information content (AvgIpc) is 3.19. The van der Waals surface area contributed by atoms with Gasteiger partial charge in [0.15, 0.2) is 5.13 Å². The molecule has 1 N–H and O–H groups in total. The average molecular weight is 510 g/mol. The van der Waals surface area contributed by atoms with Gasteiger partial charge in [-0.3, -0.25) is 14.9 Å². The van der Waals surface area contributed by atoms with Gasteiger partial charge in [0, 0.05) is 17.5 Å². The molecule has 0 atom stereocenters. The normalized spacial score (nSPS) is 11.3. The number of nitrogens with one attached hydrogen (secondary N) is 1. The first kappa shape index (κ1) is 25.9. The molecule has 1 aromatic carbocycles. The Morgan fingerprint density at radius 1 is 1.09 bits per heavy atom. The van der Waals surface area contributed by atoms with Gasteiger partial charge in [0.05, 0.1) is 36.0 Å². The Bertz CT molecular complexity index is 1180. The first-order valence-electron chi connectivity index (χ1n) is 10.5. The molecule has 0 saturated carbocycles. The van der Waals surface area contributed by atoms with E-state index >= 15 is 0 Å². The Balaban J connectivity index is 1.78. The highest BCUT2D eigenvalue weighted by atomic mass is 32.1. The fraction of sp³-hybridized carbons (Fsp3) is 0.304. The van der Waals surface area contributed by atoms with Crippen LogP contribution in [0.5, 0.6) is 17.5 Å². The van der Waals surface area contributed by atoms with Crippen LogP contribution in [-0.4, -0.2) is 34.6 Å². The number of amides is 1. The topological polar surface area (TPSA) is 99.6 Å². The molecule has 0 bridgehead atoms. The maximum absolute atomic E-state index is 12.8. The molecule has 0 aliphatic carbocycles. The molecule has 8 nitrogen and oxygen atoms in total. The van der Waals surface area contributed by atoms with E-state index in [9.17, 15) is 22.8 Å². The zero-order chi connectivity index (χ0) is 25.6. The number of hydrogen-bond donors (Lipinski definition) is 1. The molecule has 2 aromatic heterocycles. The number of esters is 1. The van der Waals surface area contributed by atoms with Crippen molar-refractivity contribution in [3.63, 3.8) is 0 Å². The Kier molecular flexibility index (Phi) is 8.28. The third-order valence-electron chi connectivity index (χ3n) is 4.20. The molecule has 35 heavy (non-hydrogen) atoms. The number of alkyl halides is 3. The molecule has 0 aliphatic rings. The van der Waals surface area contributed by atoms with E-state index in [0.717, 1.165) is 35.6 Å². The SMILES string of the molecule is CCOC(=O)Cc1csc(NC(=O)c2cc(Oc3ccc(C(F)(F)F)cc3)nc(OC(C)C)c2)n1. The van der Waals surface area contributed by atoms with E-state index in [0.29, 0.717) is 5.69 Å². The molecule has 0 saturated heterocycles. The molecule has 0 unspecified atom stereocenters. The van der Waals surface area contributed by atoms with Gasteiger partial charge in [-0.25, -0.2) is 4.98 Å². The number of ether oxygens (including phenoxy) is 3. The van der Waals surface area contributed by atoms with E-state index in [1.54, 1.807) is 26.2 Å². The molecule has 0 aliphatic heterocycles. The summed E-state index contributed by atoms with van der Waals surface area (Å²) in [6.45, 7) is 5.50. The predicted octanol–water partition coefficient (Wildman–Crippen LogP) is 5.49. The first-order valence-corrected chi connectivity index (χ1v) is 11.4. The fourth-order valence-corrected chi connectivity index (χ4v) is 3.48. The van der Waals surface area contributed by atoms with E-state index < -0.39 is 23.6 Å². The summed E-state index contributed by atoms with van der Waals surface area (Å²) in [5.41, 5.74) is -0.242. The molecule has 0 fully saturated rings. The smallest absolute Gasteiger partial charge is 0.416 e. The van der Waals surface area contributed by atoms with Crippen LogP contribution in [0.4, 0.5) is 18.3 Å². The predicted molar refractivity (Wildman–Crippen MR) is 122 cm³/mol. The maximum atomic E-state index is 12.8. The van der Waals surface area contributed by atoms with Gasteiger partial charge in [-0.05, 0) is 45.0 Å². The molecule has 0 radical (unpaired) electrons. The largest absolute Gasteiger partial charge is 0.475 e. The summed E-state index contributed by atoms with van der Waals surface area (Å²) in [6, 6.07) is 6.80. The molecule has 1 amide bonds. The Hall–Kier alpha value is -3.67. The molecule has 0 spiro atoms. The number of carbonyl (C=O) groups is 2. The summed E-state index contributed by atoms with van der Waals surface area (Å²) in [6.07, 6.45) is -4.75. The lowest BCUT2D eigenvalue weighted by Crippen LogP contribution is -2.14. The van der Waals surface area contributed by atoms with Crippen molar-refractivity contribution in [2.45, 2.75) is 39.5 Å². The highest BCUT2D eigenvalue weighted by Gasteiger charge is 2.30. The minimum Gasteiger partial charge on any atom is -0.475 e. The molecule has 186 valence electrons. The van der Waals surface area contributed by atoms with Gasteiger partial charge in [0.2, 0.25) is 11.8 Å². The van der Waals surface area contributed by atoms with Crippen LogP contribution < -0.4 is 14.8 Å². The lowest BCUT2D eigenvalue weighted by molar-refractivity contribution is -0.142. The molecule has 12 heteroatoms. The minimum absolute atomic E-state index is 0.0209. The number of pyridine rings is 1. The van der Waals surface area contributed by atoms with Gasteiger partial charge in [0.1, 0.15) is 5.75 Å². The van der Waals surface area contributed by atoms with Crippen molar-refractivity contribution in [1.29, 1.82) is 0 Å². The summed E-state index contributed by atoms with van der Waals surface area (Å²) < 4.78 is 54.4. The van der Waals surface area contributed by atoms with Crippen molar-refractivity contribution < 1.29 is 37.0 Å². The van der Waals surface area contributed by atoms with Crippen molar-refractivity contribution in [1.82, 2.24) is 9.97 Å². The standard InChI is InChI=1S/C23H22F3N3O5S/c1-4-32-20(30)11-16-12-35-22(27-16)29-21(31)14-9-18(33-13(2)3)28-19(10-14)34-17-7-5-15(6-8-17)23(24,25)26/h5-10,12-13H,4,11H2,1-3H3,(H,27,29,31). The molecule has 3 aromatic rings. The minimum atomic E-state index is -4.47. The number of aromatic nitrogens is 2. The summed E-state index contributed by atoms with van der Waals surface area (Å²) >= 11 is 1.14. The number of carbonyl (C=O) groups excluding carboxylic acids is 2. The van der Waals surface area contributed by atoms with Crippen LogP contribution in [0.1, 0.15) is 42.4 Å². The van der Waals surface area contributed by atoms with E-state index in [4.69, 9.17) is 14.2 Å². The zero-order valence-corrected chi connectivity index (χ0v) is 19.8. The Morgan fingerprint density at radius 3 is 2.40 bits per heavy atom. The number of thiazole rings is 1. The first-order chi connectivity index (χ1) is 16.5. The van der Waals surface area contributed by atoms with Crippen LogP contribution in [0.15, 0.2) is 41.8 Å². The molecular weight excluding hydrogens is 487 g/mol. The van der Waals surface area contributed by atoms with Crippen LogP contribution >= 0.6 is 11.3 Å². The summed E-state index contributed by atoms with van der Waals surface area (Å²) in [7, 11) is 0. The lowest BCUT2D eigenvalue weighted by Gasteiger charge is -2.13. The van der Waals surface area contributed by atoms with Crippen LogP contribution in [0.3, 0.4) is 0 Å². The van der Waals surface area contributed by atoms with Crippen LogP contribution in [-0.2, 0) is 22.1 Å². The quantitative estimate of drug-likeness (QED) is 0.381. The van der Waals surface area contributed by atoms with Gasteiger partial charge >= 0.3 is 12.1 Å². The Labute approximate surface area is 203 Å². The second-order valence-corrected chi connectivity index (χ2v) is 8.26. The van der Waals surface area contributed by atoms with Crippen LogP contribution in [0.25, 0.3) is 0 Å². The number of rotatable bonds is 9. The van der Waals surface area contributed by atoms with E-state index in [1.165, 1.54) is 12.1 Å². The highest BCUT2D eigenvalue weighted by molar-refractivity contribution is 7.14. The molecular formula is C23H22F3N3O5S. The van der Waals surface area contributed by atoms with Crippen molar-refractivity contribution in [3.05, 3.63) is 58.6 Å². The molecule has 2 heterocycles. The van der Waals surface area contributed by atoms with Gasteiger partial charge < -0.3 is 14.2 Å². The van der Waals surface area contributed by atoms with E-state index in [1.807, 2.05) is 0 Å². The second-order valence-electron chi connectivity index (χ2n) is 7.40. The van der Waals surface area contributed by atoms with Crippen molar-refractivity contribution >= 4 is 28.3 Å². The number of halogens is 3.